The summed E-state index contributed by atoms with van der Waals surface area (Å²) in [6.07, 6.45) is 0.554. The number of fused-ring (bicyclic) bond motifs is 1. The predicted molar refractivity (Wildman–Crippen MR) is 133 cm³/mol. The summed E-state index contributed by atoms with van der Waals surface area (Å²) < 4.78 is 5.66. The maximum absolute atomic E-state index is 13.4. The van der Waals surface area contributed by atoms with Crippen molar-refractivity contribution in [3.63, 3.8) is 0 Å². The summed E-state index contributed by atoms with van der Waals surface area (Å²) >= 11 is 8.07. The van der Waals surface area contributed by atoms with E-state index in [4.69, 9.17) is 21.4 Å². The van der Waals surface area contributed by atoms with Crippen molar-refractivity contribution in [3.05, 3.63) is 92.8 Å². The highest BCUT2D eigenvalue weighted by Crippen LogP contribution is 2.38. The third-order valence-electron chi connectivity index (χ3n) is 5.64. The van der Waals surface area contributed by atoms with Crippen LogP contribution in [0.25, 0.3) is 10.9 Å². The lowest BCUT2D eigenvalue weighted by atomic mass is 9.97. The zero-order valence-corrected chi connectivity index (χ0v) is 19.9. The Morgan fingerprint density at radius 1 is 1.18 bits per heavy atom. The number of amides is 1. The van der Waals surface area contributed by atoms with Gasteiger partial charge in [0.15, 0.2) is 0 Å². The minimum atomic E-state index is -0.352. The molecule has 1 aliphatic heterocycles. The number of benzene rings is 2. The van der Waals surface area contributed by atoms with Gasteiger partial charge in [0.1, 0.15) is 10.9 Å². The van der Waals surface area contributed by atoms with Crippen LogP contribution in [0.4, 0.5) is 0 Å². The lowest BCUT2D eigenvalue weighted by molar-refractivity contribution is 0.0716. The van der Waals surface area contributed by atoms with Gasteiger partial charge in [-0.3, -0.25) is 4.79 Å². The molecule has 33 heavy (non-hydrogen) atoms. The molecule has 4 aromatic rings. The zero-order valence-electron chi connectivity index (χ0n) is 18.3. The zero-order chi connectivity index (χ0) is 22.9. The Morgan fingerprint density at radius 2 is 2.06 bits per heavy atom. The molecule has 1 aliphatic rings. The third kappa shape index (κ3) is 4.24. The summed E-state index contributed by atoms with van der Waals surface area (Å²) in [7, 11) is 0. The standard InChI is InChI=1S/C26H22ClN3O2S/c1-3-32-19-9-10-21-18(13-19)14-20(25(27)28-21)23-15-22(17-7-4-6-16(2)12-17)29-30(23)26(31)24-8-5-11-33-24/h4-14,23H,3,15H2,1-2H3/t23-/m0/s1. The average molecular weight is 476 g/mol. The van der Waals surface area contributed by atoms with Crippen LogP contribution >= 0.6 is 22.9 Å². The van der Waals surface area contributed by atoms with Crippen LogP contribution in [-0.2, 0) is 0 Å². The fraction of sp³-hybridized carbons (Fsp3) is 0.192. The number of hydrogen-bond donors (Lipinski definition) is 0. The van der Waals surface area contributed by atoms with Gasteiger partial charge in [-0.1, -0.05) is 47.5 Å². The maximum Gasteiger partial charge on any atom is 0.284 e. The van der Waals surface area contributed by atoms with Crippen molar-refractivity contribution in [1.82, 2.24) is 9.99 Å². The molecule has 3 heterocycles. The number of carbonyl (C=O) groups is 1. The number of rotatable bonds is 5. The highest BCUT2D eigenvalue weighted by Gasteiger charge is 2.35. The van der Waals surface area contributed by atoms with Crippen molar-refractivity contribution in [2.75, 3.05) is 6.61 Å². The Hall–Kier alpha value is -3.22. The molecule has 7 heteroatoms. The smallest absolute Gasteiger partial charge is 0.284 e. The second kappa shape index (κ2) is 8.96. The normalized spacial score (nSPS) is 15.7. The third-order valence-corrected chi connectivity index (χ3v) is 6.80. The van der Waals surface area contributed by atoms with Gasteiger partial charge >= 0.3 is 0 Å². The number of nitrogens with zero attached hydrogens (tertiary/aromatic N) is 3. The molecule has 0 unspecified atom stereocenters. The van der Waals surface area contributed by atoms with E-state index in [9.17, 15) is 4.79 Å². The van der Waals surface area contributed by atoms with E-state index in [0.29, 0.717) is 23.1 Å². The molecular formula is C26H22ClN3O2S. The molecule has 0 spiro atoms. The molecule has 0 N–H and O–H groups in total. The number of thiophene rings is 1. The number of aromatic nitrogens is 1. The molecule has 1 atom stereocenters. The van der Waals surface area contributed by atoms with Crippen LogP contribution in [0.15, 0.2) is 71.1 Å². The number of halogens is 1. The highest BCUT2D eigenvalue weighted by atomic mass is 35.5. The summed E-state index contributed by atoms with van der Waals surface area (Å²) in [5.41, 5.74) is 4.55. The molecule has 0 fully saturated rings. The van der Waals surface area contributed by atoms with Crippen molar-refractivity contribution in [1.29, 1.82) is 0 Å². The summed E-state index contributed by atoms with van der Waals surface area (Å²) in [5, 5.41) is 9.52. The lowest BCUT2D eigenvalue weighted by Crippen LogP contribution is -2.26. The summed E-state index contributed by atoms with van der Waals surface area (Å²) in [4.78, 5) is 18.6. The van der Waals surface area contributed by atoms with E-state index in [2.05, 4.69) is 11.1 Å². The molecule has 5 nitrogen and oxygen atoms in total. The molecule has 0 bridgehead atoms. The predicted octanol–water partition coefficient (Wildman–Crippen LogP) is 6.65. The average Bonchev–Trinajstić information content (AvgIpc) is 3.49. The van der Waals surface area contributed by atoms with Crippen molar-refractivity contribution < 1.29 is 9.53 Å². The molecule has 0 saturated carbocycles. The second-order valence-corrected chi connectivity index (χ2v) is 9.22. The van der Waals surface area contributed by atoms with Crippen LogP contribution in [0.1, 0.15) is 45.7 Å². The maximum atomic E-state index is 13.4. The first-order valence-corrected chi connectivity index (χ1v) is 12.0. The van der Waals surface area contributed by atoms with Crippen LogP contribution in [-0.4, -0.2) is 28.2 Å². The molecule has 2 aromatic carbocycles. The van der Waals surface area contributed by atoms with Gasteiger partial charge in [-0.2, -0.15) is 5.10 Å². The topological polar surface area (TPSA) is 54.8 Å². The fourth-order valence-electron chi connectivity index (χ4n) is 4.09. The van der Waals surface area contributed by atoms with E-state index in [0.717, 1.165) is 39.1 Å². The van der Waals surface area contributed by atoms with Crippen molar-refractivity contribution in [2.45, 2.75) is 26.3 Å². The molecule has 0 saturated heterocycles. The summed E-state index contributed by atoms with van der Waals surface area (Å²) in [6, 6.07) is 19.2. The number of hydrazone groups is 1. The van der Waals surface area contributed by atoms with Crippen LogP contribution in [0, 0.1) is 6.92 Å². The van der Waals surface area contributed by atoms with Crippen LogP contribution in [0.2, 0.25) is 5.15 Å². The number of carbonyl (C=O) groups excluding carboxylic acids is 1. The molecule has 166 valence electrons. The van der Waals surface area contributed by atoms with Crippen LogP contribution < -0.4 is 4.74 Å². The SMILES string of the molecule is CCOc1ccc2nc(Cl)c([C@@H]3CC(c4cccc(C)c4)=NN3C(=O)c3cccs3)cc2c1. The summed E-state index contributed by atoms with van der Waals surface area (Å²) in [5.74, 6) is 0.631. The van der Waals surface area contributed by atoms with Gasteiger partial charge in [0.25, 0.3) is 5.91 Å². The van der Waals surface area contributed by atoms with Gasteiger partial charge in [0, 0.05) is 17.4 Å². The van der Waals surface area contributed by atoms with E-state index < -0.39 is 0 Å². The Bertz CT molecular complexity index is 1370. The lowest BCUT2D eigenvalue weighted by Gasteiger charge is -2.22. The minimum absolute atomic E-state index is 0.142. The van der Waals surface area contributed by atoms with Gasteiger partial charge in [-0.15, -0.1) is 11.3 Å². The van der Waals surface area contributed by atoms with Crippen molar-refractivity contribution in [2.24, 2.45) is 5.10 Å². The van der Waals surface area contributed by atoms with Gasteiger partial charge in [0.2, 0.25) is 0 Å². The van der Waals surface area contributed by atoms with E-state index in [1.165, 1.54) is 11.3 Å². The van der Waals surface area contributed by atoms with E-state index in [-0.39, 0.29) is 11.9 Å². The van der Waals surface area contributed by atoms with E-state index in [1.54, 1.807) is 5.01 Å². The Kier molecular flexibility index (Phi) is 5.87. The Morgan fingerprint density at radius 3 is 2.82 bits per heavy atom. The first kappa shape index (κ1) is 21.6. The van der Waals surface area contributed by atoms with Gasteiger partial charge in [0.05, 0.1) is 28.8 Å². The van der Waals surface area contributed by atoms with Gasteiger partial charge in [-0.25, -0.2) is 9.99 Å². The molecule has 1 amide bonds. The molecule has 5 rings (SSSR count). The van der Waals surface area contributed by atoms with Crippen molar-refractivity contribution >= 4 is 45.5 Å². The molecule has 0 radical (unpaired) electrons. The largest absolute Gasteiger partial charge is 0.494 e. The number of hydrogen-bond acceptors (Lipinski definition) is 5. The summed E-state index contributed by atoms with van der Waals surface area (Å²) in [6.45, 7) is 4.58. The van der Waals surface area contributed by atoms with Crippen molar-refractivity contribution in [3.8, 4) is 5.75 Å². The van der Waals surface area contributed by atoms with Gasteiger partial charge in [-0.05, 0) is 55.1 Å². The monoisotopic (exact) mass is 475 g/mol. The quantitative estimate of drug-likeness (QED) is 0.304. The number of aryl methyl sites for hydroxylation is 1. The van der Waals surface area contributed by atoms with Crippen LogP contribution in [0.3, 0.4) is 0 Å². The van der Waals surface area contributed by atoms with Gasteiger partial charge < -0.3 is 4.74 Å². The second-order valence-electron chi connectivity index (χ2n) is 7.92. The molecule has 2 aromatic heterocycles. The number of ether oxygens (including phenoxy) is 1. The highest BCUT2D eigenvalue weighted by molar-refractivity contribution is 7.12. The number of pyridine rings is 1. The molecule has 0 aliphatic carbocycles. The molecular weight excluding hydrogens is 454 g/mol. The first-order chi connectivity index (χ1) is 16.0. The Balaban J connectivity index is 1.59. The first-order valence-electron chi connectivity index (χ1n) is 10.8. The van der Waals surface area contributed by atoms with Crippen LogP contribution in [0.5, 0.6) is 5.75 Å². The minimum Gasteiger partial charge on any atom is -0.494 e. The fourth-order valence-corrected chi connectivity index (χ4v) is 5.02. The van der Waals surface area contributed by atoms with E-state index in [1.807, 2.05) is 73.8 Å². The Labute approximate surface area is 201 Å². The van der Waals surface area contributed by atoms with E-state index >= 15 is 0 Å².